The standard InChI is InChI=1S/C14H20BrClN2O/c1-18(12-4-6-17-7-5-12)8-9-19-14-3-2-11(16)10-13(14)15/h2-3,10,12,17H,4-9H2,1H3. The maximum atomic E-state index is 5.90. The third-order valence-corrected chi connectivity index (χ3v) is 4.38. The van der Waals surface area contributed by atoms with Crippen molar-refractivity contribution in [3.8, 4) is 5.75 Å². The molecule has 1 N–H and O–H groups in total. The van der Waals surface area contributed by atoms with Gasteiger partial charge in [-0.05, 0) is 67.1 Å². The Hall–Kier alpha value is -0.290. The Bertz CT molecular complexity index is 410. The van der Waals surface area contributed by atoms with Gasteiger partial charge in [-0.15, -0.1) is 0 Å². The molecule has 3 nitrogen and oxygen atoms in total. The molecule has 0 bridgehead atoms. The maximum absolute atomic E-state index is 5.90. The summed E-state index contributed by atoms with van der Waals surface area (Å²) >= 11 is 9.36. The molecule has 0 radical (unpaired) electrons. The van der Waals surface area contributed by atoms with Crippen molar-refractivity contribution in [2.75, 3.05) is 33.3 Å². The lowest BCUT2D eigenvalue weighted by molar-refractivity contribution is 0.164. The average Bonchev–Trinajstić information content (AvgIpc) is 2.42. The fourth-order valence-electron chi connectivity index (χ4n) is 2.32. The van der Waals surface area contributed by atoms with Crippen LogP contribution in [0, 0.1) is 0 Å². The monoisotopic (exact) mass is 346 g/mol. The topological polar surface area (TPSA) is 24.5 Å². The summed E-state index contributed by atoms with van der Waals surface area (Å²) in [5.74, 6) is 0.850. The van der Waals surface area contributed by atoms with Gasteiger partial charge < -0.3 is 10.1 Å². The Morgan fingerprint density at radius 2 is 2.16 bits per heavy atom. The number of nitrogens with one attached hydrogen (secondary N) is 1. The molecule has 0 spiro atoms. The zero-order valence-corrected chi connectivity index (χ0v) is 13.5. The highest BCUT2D eigenvalue weighted by atomic mass is 79.9. The third-order valence-electron chi connectivity index (χ3n) is 3.53. The summed E-state index contributed by atoms with van der Waals surface area (Å²) in [6.07, 6.45) is 2.45. The van der Waals surface area contributed by atoms with Gasteiger partial charge in [0.05, 0.1) is 4.47 Å². The minimum atomic E-state index is 0.679. The van der Waals surface area contributed by atoms with Crippen LogP contribution in [-0.2, 0) is 0 Å². The van der Waals surface area contributed by atoms with Crippen LogP contribution in [0.5, 0.6) is 5.75 Å². The first-order chi connectivity index (χ1) is 9.16. The summed E-state index contributed by atoms with van der Waals surface area (Å²) in [6, 6.07) is 6.28. The van der Waals surface area contributed by atoms with Gasteiger partial charge in [0.25, 0.3) is 0 Å². The molecular formula is C14H20BrClN2O. The van der Waals surface area contributed by atoms with Gasteiger partial charge in [-0.25, -0.2) is 0 Å². The van der Waals surface area contributed by atoms with E-state index in [9.17, 15) is 0 Å². The number of halogens is 2. The van der Waals surface area contributed by atoms with Crippen molar-refractivity contribution in [3.63, 3.8) is 0 Å². The molecule has 0 amide bonds. The van der Waals surface area contributed by atoms with Crippen molar-refractivity contribution in [1.82, 2.24) is 10.2 Å². The zero-order chi connectivity index (χ0) is 13.7. The molecule has 0 unspecified atom stereocenters. The lowest BCUT2D eigenvalue weighted by Crippen LogP contribution is -2.42. The van der Waals surface area contributed by atoms with Gasteiger partial charge in [-0.1, -0.05) is 11.6 Å². The van der Waals surface area contributed by atoms with Crippen LogP contribution in [0.4, 0.5) is 0 Å². The van der Waals surface area contributed by atoms with Gasteiger partial charge in [0.1, 0.15) is 12.4 Å². The fraction of sp³-hybridized carbons (Fsp3) is 0.571. The molecule has 1 aliphatic heterocycles. The number of nitrogens with zero attached hydrogens (tertiary/aromatic N) is 1. The average molecular weight is 348 g/mol. The first-order valence-electron chi connectivity index (χ1n) is 6.65. The SMILES string of the molecule is CN(CCOc1ccc(Cl)cc1Br)C1CCNCC1. The highest BCUT2D eigenvalue weighted by molar-refractivity contribution is 9.10. The van der Waals surface area contributed by atoms with E-state index in [0.29, 0.717) is 17.7 Å². The van der Waals surface area contributed by atoms with Gasteiger partial charge in [-0.2, -0.15) is 0 Å². The second kappa shape index (κ2) is 7.48. The van der Waals surface area contributed by atoms with Gasteiger partial charge in [0.15, 0.2) is 0 Å². The molecular weight excluding hydrogens is 328 g/mol. The summed E-state index contributed by atoms with van der Waals surface area (Å²) in [5.41, 5.74) is 0. The molecule has 1 aliphatic rings. The summed E-state index contributed by atoms with van der Waals surface area (Å²) in [4.78, 5) is 2.39. The van der Waals surface area contributed by atoms with Gasteiger partial charge in [0, 0.05) is 17.6 Å². The third kappa shape index (κ3) is 4.63. The molecule has 0 aliphatic carbocycles. The highest BCUT2D eigenvalue weighted by Gasteiger charge is 2.17. The fourth-order valence-corrected chi connectivity index (χ4v) is 3.12. The summed E-state index contributed by atoms with van der Waals surface area (Å²) < 4.78 is 6.70. The molecule has 1 heterocycles. The van der Waals surface area contributed by atoms with Crippen molar-refractivity contribution < 1.29 is 4.74 Å². The van der Waals surface area contributed by atoms with Crippen LogP contribution < -0.4 is 10.1 Å². The van der Waals surface area contributed by atoms with Crippen LogP contribution in [0.1, 0.15) is 12.8 Å². The van der Waals surface area contributed by atoms with E-state index in [1.54, 1.807) is 0 Å². The largest absolute Gasteiger partial charge is 0.491 e. The van der Waals surface area contributed by atoms with Crippen molar-refractivity contribution in [2.24, 2.45) is 0 Å². The number of piperidine rings is 1. The van der Waals surface area contributed by atoms with Crippen LogP contribution in [0.3, 0.4) is 0 Å². The molecule has 1 fully saturated rings. The minimum absolute atomic E-state index is 0.679. The second-order valence-corrected chi connectivity index (χ2v) is 6.18. The van der Waals surface area contributed by atoms with E-state index in [1.165, 1.54) is 12.8 Å². The highest BCUT2D eigenvalue weighted by Crippen LogP contribution is 2.27. The van der Waals surface area contributed by atoms with E-state index < -0.39 is 0 Å². The number of ether oxygens (including phenoxy) is 1. The van der Waals surface area contributed by atoms with E-state index in [-0.39, 0.29) is 0 Å². The van der Waals surface area contributed by atoms with Crippen LogP contribution >= 0.6 is 27.5 Å². The van der Waals surface area contributed by atoms with Crippen molar-refractivity contribution in [3.05, 3.63) is 27.7 Å². The van der Waals surface area contributed by atoms with Crippen LogP contribution in [0.15, 0.2) is 22.7 Å². The number of hydrogen-bond donors (Lipinski definition) is 1. The Kier molecular flexibility index (Phi) is 5.95. The van der Waals surface area contributed by atoms with E-state index in [2.05, 4.69) is 33.2 Å². The quantitative estimate of drug-likeness (QED) is 0.885. The van der Waals surface area contributed by atoms with Crippen LogP contribution in [-0.4, -0.2) is 44.2 Å². The van der Waals surface area contributed by atoms with Crippen LogP contribution in [0.25, 0.3) is 0 Å². The van der Waals surface area contributed by atoms with Gasteiger partial charge in [-0.3, -0.25) is 4.90 Å². The second-order valence-electron chi connectivity index (χ2n) is 4.88. The Labute approximate surface area is 128 Å². The lowest BCUT2D eigenvalue weighted by atomic mass is 10.1. The van der Waals surface area contributed by atoms with E-state index in [1.807, 2.05) is 18.2 Å². The Balaban J connectivity index is 1.76. The smallest absolute Gasteiger partial charge is 0.133 e. The van der Waals surface area contributed by atoms with E-state index in [0.717, 1.165) is 29.9 Å². The lowest BCUT2D eigenvalue weighted by Gasteiger charge is -2.31. The Morgan fingerprint density at radius 1 is 1.42 bits per heavy atom. The molecule has 1 aromatic rings. The molecule has 5 heteroatoms. The molecule has 1 saturated heterocycles. The van der Waals surface area contributed by atoms with Crippen molar-refractivity contribution >= 4 is 27.5 Å². The molecule has 0 saturated carbocycles. The van der Waals surface area contributed by atoms with Crippen molar-refractivity contribution in [1.29, 1.82) is 0 Å². The number of rotatable bonds is 5. The normalized spacial score (nSPS) is 16.8. The predicted molar refractivity (Wildman–Crippen MR) is 83.2 cm³/mol. The molecule has 106 valence electrons. The Morgan fingerprint density at radius 3 is 2.84 bits per heavy atom. The molecule has 0 aromatic heterocycles. The van der Waals surface area contributed by atoms with Gasteiger partial charge >= 0.3 is 0 Å². The molecule has 1 aromatic carbocycles. The zero-order valence-electron chi connectivity index (χ0n) is 11.2. The summed E-state index contributed by atoms with van der Waals surface area (Å²) in [5, 5.41) is 4.10. The van der Waals surface area contributed by atoms with Crippen molar-refractivity contribution in [2.45, 2.75) is 18.9 Å². The molecule has 0 atom stereocenters. The van der Waals surface area contributed by atoms with E-state index >= 15 is 0 Å². The first-order valence-corrected chi connectivity index (χ1v) is 7.83. The molecule has 2 rings (SSSR count). The number of likely N-dealkylation sites (N-methyl/N-ethyl adjacent to an activating group) is 1. The minimum Gasteiger partial charge on any atom is -0.491 e. The number of hydrogen-bond acceptors (Lipinski definition) is 3. The summed E-state index contributed by atoms with van der Waals surface area (Å²) in [6.45, 7) is 3.89. The van der Waals surface area contributed by atoms with Crippen LogP contribution in [0.2, 0.25) is 5.02 Å². The predicted octanol–water partition coefficient (Wildman–Crippen LogP) is 3.17. The summed E-state index contributed by atoms with van der Waals surface area (Å²) in [7, 11) is 2.18. The van der Waals surface area contributed by atoms with E-state index in [4.69, 9.17) is 16.3 Å². The molecule has 19 heavy (non-hydrogen) atoms. The first kappa shape index (κ1) is 15.1. The number of benzene rings is 1. The van der Waals surface area contributed by atoms with Gasteiger partial charge in [0.2, 0.25) is 0 Å². The maximum Gasteiger partial charge on any atom is 0.133 e.